The van der Waals surface area contributed by atoms with Crippen molar-refractivity contribution in [2.24, 2.45) is 22.7 Å². The van der Waals surface area contributed by atoms with E-state index in [4.69, 9.17) is 0 Å². The molecular formula is C22H34O7. The van der Waals surface area contributed by atoms with E-state index in [9.17, 15) is 35.4 Å². The first kappa shape index (κ1) is 22.4. The number of ketones is 1. The molecule has 6 N–H and O–H groups in total. The molecule has 0 amide bonds. The third-order valence-electron chi connectivity index (χ3n) is 8.23. The quantitative estimate of drug-likeness (QED) is 0.380. The van der Waals surface area contributed by atoms with Gasteiger partial charge in [0.15, 0.2) is 11.4 Å². The molecule has 2 saturated carbocycles. The molecule has 0 heterocycles. The van der Waals surface area contributed by atoms with Gasteiger partial charge < -0.3 is 30.6 Å². The zero-order valence-electron chi connectivity index (χ0n) is 17.3. The molecule has 0 aromatic heterocycles. The summed E-state index contributed by atoms with van der Waals surface area (Å²) in [5.41, 5.74) is -2.14. The van der Waals surface area contributed by atoms with Crippen molar-refractivity contribution in [1.29, 1.82) is 0 Å². The maximum atomic E-state index is 12.4. The van der Waals surface area contributed by atoms with Crippen molar-refractivity contribution in [3.05, 3.63) is 23.5 Å². The van der Waals surface area contributed by atoms with Crippen molar-refractivity contribution in [3.8, 4) is 0 Å². The van der Waals surface area contributed by atoms with E-state index in [0.717, 1.165) is 37.7 Å². The van der Waals surface area contributed by atoms with Crippen LogP contribution in [0.3, 0.4) is 0 Å². The Morgan fingerprint density at radius 3 is 2.38 bits per heavy atom. The van der Waals surface area contributed by atoms with E-state index in [1.807, 2.05) is 0 Å². The fourth-order valence-electron chi connectivity index (χ4n) is 6.33. The van der Waals surface area contributed by atoms with Crippen molar-refractivity contribution in [2.75, 3.05) is 13.2 Å². The molecule has 0 aromatic carbocycles. The number of fused-ring (bicyclic) bond motifs is 1. The molecule has 7 nitrogen and oxygen atoms in total. The number of carbonyl (C=O) groups excluding carboxylic acids is 1. The summed E-state index contributed by atoms with van der Waals surface area (Å²) in [6.07, 6.45) is 0.954. The zero-order valence-corrected chi connectivity index (χ0v) is 17.3. The normalized spacial score (nSPS) is 46.0. The Morgan fingerprint density at radius 2 is 1.79 bits per heavy atom. The number of allylic oxidation sites excluding steroid dienone is 1. The molecule has 0 aromatic rings. The number of hydrogen-bond donors (Lipinski definition) is 6. The topological polar surface area (TPSA) is 138 Å². The van der Waals surface area contributed by atoms with Gasteiger partial charge in [-0.25, -0.2) is 0 Å². The lowest BCUT2D eigenvalue weighted by Gasteiger charge is -2.58. The molecule has 3 aliphatic rings. The lowest BCUT2D eigenvalue weighted by atomic mass is 9.46. The highest BCUT2D eigenvalue weighted by atomic mass is 16.4. The smallest absolute Gasteiger partial charge is 0.233 e. The van der Waals surface area contributed by atoms with E-state index in [2.05, 4.69) is 20.4 Å². The van der Waals surface area contributed by atoms with Gasteiger partial charge in [0.05, 0.1) is 6.61 Å². The highest BCUT2D eigenvalue weighted by Gasteiger charge is 2.57. The average molecular weight is 411 g/mol. The minimum atomic E-state index is -2.62. The molecule has 0 spiro atoms. The molecule has 164 valence electrons. The van der Waals surface area contributed by atoms with Crippen LogP contribution in [0.15, 0.2) is 23.5 Å². The first-order valence-electron chi connectivity index (χ1n) is 10.4. The third kappa shape index (κ3) is 3.18. The minimum Gasteiger partial charge on any atom is -0.504 e. The van der Waals surface area contributed by atoms with Gasteiger partial charge in [-0.1, -0.05) is 32.4 Å². The van der Waals surface area contributed by atoms with Crippen LogP contribution in [0.5, 0.6) is 0 Å². The van der Waals surface area contributed by atoms with E-state index >= 15 is 0 Å². The Kier molecular flexibility index (Phi) is 5.77. The van der Waals surface area contributed by atoms with Crippen LogP contribution in [-0.4, -0.2) is 67.4 Å². The van der Waals surface area contributed by atoms with E-state index in [1.165, 1.54) is 0 Å². The van der Waals surface area contributed by atoms with Crippen LogP contribution in [-0.2, 0) is 4.79 Å². The van der Waals surface area contributed by atoms with Gasteiger partial charge in [-0.3, -0.25) is 4.79 Å². The Morgan fingerprint density at radius 1 is 1.14 bits per heavy atom. The van der Waals surface area contributed by atoms with Crippen molar-refractivity contribution >= 4 is 5.78 Å². The number of hydrogen-bond acceptors (Lipinski definition) is 7. The van der Waals surface area contributed by atoms with Gasteiger partial charge in [-0.2, -0.15) is 0 Å². The lowest BCUT2D eigenvalue weighted by Crippen LogP contribution is -2.61. The van der Waals surface area contributed by atoms with Gasteiger partial charge in [0.2, 0.25) is 5.78 Å². The molecule has 7 atom stereocenters. The summed E-state index contributed by atoms with van der Waals surface area (Å²) in [6.45, 7) is 7.45. The van der Waals surface area contributed by atoms with Crippen LogP contribution in [0.1, 0.15) is 52.4 Å². The molecular weight excluding hydrogens is 376 g/mol. The average Bonchev–Trinajstić information content (AvgIpc) is 2.69. The molecule has 3 aliphatic carbocycles. The number of carbonyl (C=O) groups is 1. The largest absolute Gasteiger partial charge is 0.504 e. The Labute approximate surface area is 171 Å². The number of rotatable bonds is 4. The monoisotopic (exact) mass is 410 g/mol. The van der Waals surface area contributed by atoms with Crippen LogP contribution in [0.4, 0.5) is 0 Å². The number of aliphatic hydroxyl groups is 6. The third-order valence-corrected chi connectivity index (χ3v) is 8.23. The summed E-state index contributed by atoms with van der Waals surface area (Å²) in [4.78, 5) is 12.4. The second-order valence-corrected chi connectivity index (χ2v) is 9.85. The molecule has 0 saturated heterocycles. The summed E-state index contributed by atoms with van der Waals surface area (Å²) >= 11 is 0. The van der Waals surface area contributed by atoms with Gasteiger partial charge in [-0.05, 0) is 54.8 Å². The van der Waals surface area contributed by atoms with Gasteiger partial charge >= 0.3 is 0 Å². The summed E-state index contributed by atoms with van der Waals surface area (Å²) < 4.78 is 0. The van der Waals surface area contributed by atoms with E-state index < -0.39 is 36.0 Å². The number of aliphatic hydroxyl groups excluding tert-OH is 5. The molecule has 0 bridgehead atoms. The zero-order chi connectivity index (χ0) is 21.8. The van der Waals surface area contributed by atoms with Crippen LogP contribution >= 0.6 is 0 Å². The summed E-state index contributed by atoms with van der Waals surface area (Å²) in [5, 5.41) is 61.0. The predicted molar refractivity (Wildman–Crippen MR) is 106 cm³/mol. The van der Waals surface area contributed by atoms with E-state index in [0.29, 0.717) is 0 Å². The van der Waals surface area contributed by atoms with Crippen LogP contribution in [0.25, 0.3) is 0 Å². The summed E-state index contributed by atoms with van der Waals surface area (Å²) in [6, 6.07) is 0. The van der Waals surface area contributed by atoms with Crippen molar-refractivity contribution < 1.29 is 35.4 Å². The second-order valence-electron chi connectivity index (χ2n) is 9.85. The lowest BCUT2D eigenvalue weighted by molar-refractivity contribution is -0.172. The SMILES string of the molecule is C=C1CC[C@H]2[C@](C)(CO)CCC[C@]2(C)[C@H]1CC1=C(O)C(=O)[C@](O)(CO)[C@H](O)[C@H]1O. The van der Waals surface area contributed by atoms with Gasteiger partial charge in [0.1, 0.15) is 12.2 Å². The van der Waals surface area contributed by atoms with Crippen molar-refractivity contribution in [2.45, 2.75) is 70.2 Å². The fourth-order valence-corrected chi connectivity index (χ4v) is 6.33. The van der Waals surface area contributed by atoms with Gasteiger partial charge in [0.25, 0.3) is 0 Å². The van der Waals surface area contributed by atoms with E-state index in [-0.39, 0.29) is 41.3 Å². The highest BCUT2D eigenvalue weighted by molar-refractivity contribution is 6.02. The van der Waals surface area contributed by atoms with Gasteiger partial charge in [0, 0.05) is 12.2 Å². The second kappa shape index (κ2) is 7.46. The van der Waals surface area contributed by atoms with Crippen molar-refractivity contribution in [1.82, 2.24) is 0 Å². The predicted octanol–water partition coefficient (Wildman–Crippen LogP) is 0.988. The molecule has 29 heavy (non-hydrogen) atoms. The van der Waals surface area contributed by atoms with Gasteiger partial charge in [-0.15, -0.1) is 0 Å². The summed E-state index contributed by atoms with van der Waals surface area (Å²) in [5.74, 6) is -1.90. The van der Waals surface area contributed by atoms with Crippen LogP contribution < -0.4 is 0 Å². The van der Waals surface area contributed by atoms with Crippen LogP contribution in [0, 0.1) is 22.7 Å². The molecule has 0 aliphatic heterocycles. The van der Waals surface area contributed by atoms with Crippen LogP contribution in [0.2, 0.25) is 0 Å². The fraction of sp³-hybridized carbons (Fsp3) is 0.773. The maximum absolute atomic E-state index is 12.4. The minimum absolute atomic E-state index is 0.0232. The first-order valence-corrected chi connectivity index (χ1v) is 10.4. The van der Waals surface area contributed by atoms with E-state index in [1.54, 1.807) is 0 Å². The molecule has 0 unspecified atom stereocenters. The molecule has 2 fully saturated rings. The standard InChI is InChI=1S/C22H34O7/c1-12-5-6-15-20(2,10-23)7-4-8-21(15,3)14(12)9-13-16(25)18(27)22(29,11-24)19(28)17(13)26/h14-16,18,23-27,29H,1,4-11H2,2-3H3/t14-,15-,16-,18+,20-,21+,22-/m0/s1. The van der Waals surface area contributed by atoms with Crippen molar-refractivity contribution in [3.63, 3.8) is 0 Å². The molecule has 3 rings (SSSR count). The Balaban J connectivity index is 2.00. The first-order chi connectivity index (χ1) is 13.5. The maximum Gasteiger partial charge on any atom is 0.233 e. The molecule has 0 radical (unpaired) electrons. The Hall–Kier alpha value is -1.25. The summed E-state index contributed by atoms with van der Waals surface area (Å²) in [7, 11) is 0. The highest BCUT2D eigenvalue weighted by Crippen LogP contribution is 2.62. The number of Topliss-reactive ketones (excluding diaryl/α,β-unsaturated/α-hetero) is 1. The molecule has 7 heteroatoms. The Bertz CT molecular complexity index is 731.